The van der Waals surface area contributed by atoms with E-state index in [-0.39, 0.29) is 11.8 Å². The minimum atomic E-state index is -0.135. The topological polar surface area (TPSA) is 58.2 Å². The number of halogens is 1. The van der Waals surface area contributed by atoms with Crippen LogP contribution in [0.25, 0.3) is 0 Å². The molecule has 5 heteroatoms. The summed E-state index contributed by atoms with van der Waals surface area (Å²) in [5.74, 6) is 0.286. The molecule has 0 aliphatic heterocycles. The molecule has 0 saturated carbocycles. The molecule has 2 rings (SSSR count). The molecular formula is C16H19BrN2O2. The van der Waals surface area contributed by atoms with Crippen LogP contribution in [0.5, 0.6) is 0 Å². The van der Waals surface area contributed by atoms with E-state index < -0.39 is 0 Å². The van der Waals surface area contributed by atoms with Gasteiger partial charge in [-0.25, -0.2) is 0 Å². The normalized spacial score (nSPS) is 16.7. The Labute approximate surface area is 133 Å². The molecule has 0 fully saturated rings. The average Bonchev–Trinajstić information content (AvgIpc) is 2.96. The molecule has 1 atom stereocenters. The monoisotopic (exact) mass is 350 g/mol. The third-order valence-electron chi connectivity index (χ3n) is 3.38. The molecular weight excluding hydrogens is 332 g/mol. The van der Waals surface area contributed by atoms with Gasteiger partial charge in [-0.2, -0.15) is 0 Å². The summed E-state index contributed by atoms with van der Waals surface area (Å²) in [6, 6.07) is 7.20. The summed E-state index contributed by atoms with van der Waals surface area (Å²) < 4.78 is 0.869. The van der Waals surface area contributed by atoms with Gasteiger partial charge in [-0.05, 0) is 37.0 Å². The zero-order valence-corrected chi connectivity index (χ0v) is 13.4. The van der Waals surface area contributed by atoms with Crippen LogP contribution in [-0.4, -0.2) is 24.9 Å². The lowest BCUT2D eigenvalue weighted by molar-refractivity contribution is -0.121. The van der Waals surface area contributed by atoms with Crippen molar-refractivity contribution in [2.45, 2.75) is 19.3 Å². The molecule has 1 aromatic rings. The zero-order valence-electron chi connectivity index (χ0n) is 11.8. The fourth-order valence-electron chi connectivity index (χ4n) is 2.29. The van der Waals surface area contributed by atoms with Crippen molar-refractivity contribution in [3.63, 3.8) is 0 Å². The Hall–Kier alpha value is -1.62. The number of carbonyl (C=O) groups excluding carboxylic acids is 2. The Kier molecular flexibility index (Phi) is 5.99. The average molecular weight is 351 g/mol. The number of rotatable bonds is 6. The summed E-state index contributed by atoms with van der Waals surface area (Å²) in [6.07, 6.45) is 6.90. The highest BCUT2D eigenvalue weighted by Crippen LogP contribution is 2.19. The number of amides is 2. The maximum absolute atomic E-state index is 11.9. The number of hydrogen-bond donors (Lipinski definition) is 2. The van der Waals surface area contributed by atoms with Gasteiger partial charge in [-0.1, -0.05) is 34.1 Å². The Balaban J connectivity index is 1.64. The number of allylic oxidation sites excluding steroid dienone is 2. The molecule has 0 spiro atoms. The predicted molar refractivity (Wildman–Crippen MR) is 86.0 cm³/mol. The van der Waals surface area contributed by atoms with E-state index in [9.17, 15) is 9.59 Å². The van der Waals surface area contributed by atoms with Crippen molar-refractivity contribution in [1.82, 2.24) is 10.6 Å². The molecule has 0 saturated heterocycles. The highest BCUT2D eigenvalue weighted by molar-refractivity contribution is 9.10. The molecule has 4 nitrogen and oxygen atoms in total. The first kappa shape index (κ1) is 15.8. The Morgan fingerprint density at radius 1 is 1.24 bits per heavy atom. The van der Waals surface area contributed by atoms with E-state index in [2.05, 4.69) is 38.7 Å². The summed E-state index contributed by atoms with van der Waals surface area (Å²) in [6.45, 7) is 0.882. The van der Waals surface area contributed by atoms with Gasteiger partial charge in [-0.3, -0.25) is 9.59 Å². The second-order valence-corrected chi connectivity index (χ2v) is 6.00. The van der Waals surface area contributed by atoms with E-state index in [1.165, 1.54) is 0 Å². The third kappa shape index (κ3) is 5.34. The number of nitrogens with one attached hydrogen (secondary N) is 2. The largest absolute Gasteiger partial charge is 0.354 e. The van der Waals surface area contributed by atoms with Crippen LogP contribution >= 0.6 is 15.9 Å². The van der Waals surface area contributed by atoms with Gasteiger partial charge in [0.25, 0.3) is 5.91 Å². The molecule has 2 N–H and O–H groups in total. The summed E-state index contributed by atoms with van der Waals surface area (Å²) >= 11 is 3.33. The standard InChI is InChI=1S/C16H19BrN2O2/c17-14-7-3-6-13(11-14)16(21)19-9-8-18-15(20)10-12-4-1-2-5-12/h1,3-4,6-7,11-12H,2,5,8-10H2,(H,18,20)(H,19,21)/t12-/m1/s1. The van der Waals surface area contributed by atoms with Gasteiger partial charge in [-0.15, -0.1) is 0 Å². The highest BCUT2D eigenvalue weighted by Gasteiger charge is 2.13. The highest BCUT2D eigenvalue weighted by atomic mass is 79.9. The quantitative estimate of drug-likeness (QED) is 0.612. The van der Waals surface area contributed by atoms with Crippen LogP contribution in [0, 0.1) is 5.92 Å². The molecule has 1 aromatic carbocycles. The number of hydrogen-bond acceptors (Lipinski definition) is 2. The molecule has 1 aliphatic rings. The first-order valence-corrected chi connectivity index (χ1v) is 7.91. The number of benzene rings is 1. The minimum Gasteiger partial charge on any atom is -0.354 e. The van der Waals surface area contributed by atoms with Crippen molar-refractivity contribution in [2.24, 2.45) is 5.92 Å². The number of carbonyl (C=O) groups is 2. The summed E-state index contributed by atoms with van der Waals surface area (Å²) in [4.78, 5) is 23.6. The molecule has 0 bridgehead atoms. The van der Waals surface area contributed by atoms with E-state index in [0.29, 0.717) is 31.0 Å². The maximum Gasteiger partial charge on any atom is 0.251 e. The Morgan fingerprint density at radius 3 is 2.76 bits per heavy atom. The zero-order chi connectivity index (χ0) is 15.1. The lowest BCUT2D eigenvalue weighted by atomic mass is 10.1. The van der Waals surface area contributed by atoms with Crippen LogP contribution in [0.15, 0.2) is 40.9 Å². The molecule has 21 heavy (non-hydrogen) atoms. The van der Waals surface area contributed by atoms with Gasteiger partial charge in [0.2, 0.25) is 5.91 Å². The van der Waals surface area contributed by atoms with Gasteiger partial charge in [0.15, 0.2) is 0 Å². The van der Waals surface area contributed by atoms with Crippen molar-refractivity contribution in [3.8, 4) is 0 Å². The predicted octanol–water partition coefficient (Wildman–Crippen LogP) is 2.65. The molecule has 2 amide bonds. The Bertz CT molecular complexity index is 543. The minimum absolute atomic E-state index is 0.0447. The van der Waals surface area contributed by atoms with Crippen molar-refractivity contribution in [1.29, 1.82) is 0 Å². The first-order valence-electron chi connectivity index (χ1n) is 7.12. The van der Waals surface area contributed by atoms with Crippen LogP contribution < -0.4 is 10.6 Å². The van der Waals surface area contributed by atoms with Gasteiger partial charge in [0.05, 0.1) is 0 Å². The summed E-state index contributed by atoms with van der Waals surface area (Å²) in [5.41, 5.74) is 0.604. The molecule has 1 aliphatic carbocycles. The van der Waals surface area contributed by atoms with Crippen molar-refractivity contribution in [2.75, 3.05) is 13.1 Å². The van der Waals surface area contributed by atoms with Crippen molar-refractivity contribution < 1.29 is 9.59 Å². The van der Waals surface area contributed by atoms with Gasteiger partial charge in [0, 0.05) is 29.5 Å². The molecule has 0 unspecified atom stereocenters. The maximum atomic E-state index is 11.9. The van der Waals surface area contributed by atoms with Gasteiger partial charge >= 0.3 is 0 Å². The van der Waals surface area contributed by atoms with Crippen LogP contribution in [0.1, 0.15) is 29.6 Å². The fraction of sp³-hybridized carbons (Fsp3) is 0.375. The molecule has 112 valence electrons. The van der Waals surface area contributed by atoms with Gasteiger partial charge in [0.1, 0.15) is 0 Å². The van der Waals surface area contributed by atoms with Crippen LogP contribution in [0.3, 0.4) is 0 Å². The first-order chi connectivity index (χ1) is 10.1. The SMILES string of the molecule is O=C(C[C@@H]1C=CCC1)NCCNC(=O)c1cccc(Br)c1. The second kappa shape index (κ2) is 7.98. The second-order valence-electron chi connectivity index (χ2n) is 5.09. The van der Waals surface area contributed by atoms with Crippen LogP contribution in [0.4, 0.5) is 0 Å². The summed E-state index contributed by atoms with van der Waals surface area (Å²) in [7, 11) is 0. The fourth-order valence-corrected chi connectivity index (χ4v) is 2.68. The van der Waals surface area contributed by atoms with E-state index >= 15 is 0 Å². The lowest BCUT2D eigenvalue weighted by Crippen LogP contribution is -2.35. The van der Waals surface area contributed by atoms with E-state index in [1.54, 1.807) is 12.1 Å². The van der Waals surface area contributed by atoms with Crippen molar-refractivity contribution >= 4 is 27.7 Å². The summed E-state index contributed by atoms with van der Waals surface area (Å²) in [5, 5.41) is 5.62. The van der Waals surface area contributed by atoms with Crippen molar-refractivity contribution in [3.05, 3.63) is 46.5 Å². The van der Waals surface area contributed by atoms with E-state index in [0.717, 1.165) is 17.3 Å². The van der Waals surface area contributed by atoms with Gasteiger partial charge < -0.3 is 10.6 Å². The van der Waals surface area contributed by atoms with E-state index in [4.69, 9.17) is 0 Å². The lowest BCUT2D eigenvalue weighted by Gasteiger charge is -2.09. The smallest absolute Gasteiger partial charge is 0.251 e. The molecule has 0 heterocycles. The Morgan fingerprint density at radius 2 is 2.05 bits per heavy atom. The van der Waals surface area contributed by atoms with Crippen LogP contribution in [-0.2, 0) is 4.79 Å². The molecule has 0 aromatic heterocycles. The molecule has 0 radical (unpaired) electrons. The van der Waals surface area contributed by atoms with E-state index in [1.807, 2.05) is 12.1 Å². The van der Waals surface area contributed by atoms with Crippen LogP contribution in [0.2, 0.25) is 0 Å². The third-order valence-corrected chi connectivity index (χ3v) is 3.87.